The molecule has 1 aliphatic rings. The largest absolute Gasteiger partial charge is 0.490 e. The second-order valence-corrected chi connectivity index (χ2v) is 10.2. The van der Waals surface area contributed by atoms with E-state index in [-0.39, 0.29) is 12.5 Å². The van der Waals surface area contributed by atoms with Gasteiger partial charge in [0.25, 0.3) is 5.91 Å². The van der Waals surface area contributed by atoms with Crippen LogP contribution in [0.15, 0.2) is 58.6 Å². The van der Waals surface area contributed by atoms with E-state index in [1.54, 1.807) is 18.2 Å². The van der Waals surface area contributed by atoms with Gasteiger partial charge in [-0.1, -0.05) is 24.8 Å². The lowest BCUT2D eigenvalue weighted by atomic mass is 10.2. The molecule has 2 aromatic rings. The predicted octanol–water partition coefficient (Wildman–Crippen LogP) is 5.42. The van der Waals surface area contributed by atoms with Gasteiger partial charge in [0.05, 0.1) is 17.4 Å². The molecule has 0 atom stereocenters. The molecule has 0 unspecified atom stereocenters. The minimum atomic E-state index is -0.348. The summed E-state index contributed by atoms with van der Waals surface area (Å²) < 4.78 is 18.1. The van der Waals surface area contributed by atoms with E-state index in [9.17, 15) is 4.79 Å². The van der Waals surface area contributed by atoms with Gasteiger partial charge in [0.1, 0.15) is 12.4 Å². The van der Waals surface area contributed by atoms with Crippen molar-refractivity contribution >= 4 is 51.6 Å². The van der Waals surface area contributed by atoms with Crippen LogP contribution in [0.3, 0.4) is 0 Å². The summed E-state index contributed by atoms with van der Waals surface area (Å²) in [4.78, 5) is 12.1. The number of benzene rings is 2. The fourth-order valence-electron chi connectivity index (χ4n) is 2.81. The smallest absolute Gasteiger partial charge is 0.277 e. The zero-order valence-corrected chi connectivity index (χ0v) is 20.9. The Balaban J connectivity index is 1.52. The molecule has 2 aromatic carbocycles. The second-order valence-electron chi connectivity index (χ2n) is 6.58. The number of halogens is 1. The van der Waals surface area contributed by atoms with E-state index < -0.39 is 0 Å². The Labute approximate surface area is 205 Å². The van der Waals surface area contributed by atoms with Gasteiger partial charge in [-0.25, -0.2) is 5.43 Å². The van der Waals surface area contributed by atoms with Crippen LogP contribution in [0.25, 0.3) is 0 Å². The Morgan fingerprint density at radius 2 is 1.91 bits per heavy atom. The number of ether oxygens (including phenoxy) is 3. The van der Waals surface area contributed by atoms with Crippen LogP contribution >= 0.6 is 39.5 Å². The van der Waals surface area contributed by atoms with Crippen molar-refractivity contribution in [2.75, 3.05) is 31.3 Å². The van der Waals surface area contributed by atoms with Gasteiger partial charge < -0.3 is 14.2 Å². The van der Waals surface area contributed by atoms with Crippen molar-refractivity contribution < 1.29 is 19.0 Å². The number of rotatable bonds is 11. The summed E-state index contributed by atoms with van der Waals surface area (Å²) in [5, 5.41) is 4.02. The van der Waals surface area contributed by atoms with Crippen LogP contribution in [-0.2, 0) is 4.79 Å². The highest BCUT2D eigenvalue weighted by Gasteiger charge is 2.18. The van der Waals surface area contributed by atoms with E-state index in [0.717, 1.165) is 10.0 Å². The molecule has 0 bridgehead atoms. The Bertz CT molecular complexity index is 948. The van der Waals surface area contributed by atoms with E-state index in [1.807, 2.05) is 42.6 Å². The third-order valence-corrected chi connectivity index (χ3v) is 8.05. The van der Waals surface area contributed by atoms with Crippen molar-refractivity contribution in [3.63, 3.8) is 0 Å². The normalized spacial score (nSPS) is 13.8. The van der Waals surface area contributed by atoms with Crippen molar-refractivity contribution in [3.05, 3.63) is 64.7 Å². The van der Waals surface area contributed by atoms with Crippen LogP contribution in [0, 0.1) is 0 Å². The Morgan fingerprint density at radius 3 is 2.59 bits per heavy atom. The summed E-state index contributed by atoms with van der Waals surface area (Å²) in [7, 11) is 0. The summed E-state index contributed by atoms with van der Waals surface area (Å²) in [6.45, 7) is 6.29. The molecule has 1 saturated heterocycles. The molecule has 0 radical (unpaired) electrons. The van der Waals surface area contributed by atoms with Crippen LogP contribution in [0.1, 0.15) is 22.6 Å². The Hall–Kier alpha value is -2.10. The molecule has 9 heteroatoms. The van der Waals surface area contributed by atoms with Crippen LogP contribution in [0.4, 0.5) is 0 Å². The maximum Gasteiger partial charge on any atom is 0.277 e. The van der Waals surface area contributed by atoms with Gasteiger partial charge in [0.2, 0.25) is 0 Å². The number of carbonyl (C=O) groups excluding carboxylic acids is 1. The summed E-state index contributed by atoms with van der Waals surface area (Å²) in [6.07, 6.45) is 3.20. The summed E-state index contributed by atoms with van der Waals surface area (Å²) in [5.41, 5.74) is 4.49. The van der Waals surface area contributed by atoms with Crippen LogP contribution in [0.2, 0.25) is 0 Å². The number of hydrogen-bond acceptors (Lipinski definition) is 7. The number of hydrogen-bond donors (Lipinski definition) is 1. The second kappa shape index (κ2) is 12.8. The number of hydrazone groups is 1. The van der Waals surface area contributed by atoms with Crippen molar-refractivity contribution in [3.8, 4) is 17.2 Å². The quantitative estimate of drug-likeness (QED) is 0.235. The molecular formula is C23H25BrN2O4S2. The van der Waals surface area contributed by atoms with Crippen molar-refractivity contribution in [1.82, 2.24) is 5.43 Å². The molecule has 0 spiro atoms. The highest BCUT2D eigenvalue weighted by molar-refractivity contribution is 9.10. The van der Waals surface area contributed by atoms with E-state index >= 15 is 0 Å². The molecule has 0 aromatic heterocycles. The van der Waals surface area contributed by atoms with E-state index in [4.69, 9.17) is 14.2 Å². The molecule has 6 nitrogen and oxygen atoms in total. The monoisotopic (exact) mass is 536 g/mol. The lowest BCUT2D eigenvalue weighted by Gasteiger charge is -2.12. The van der Waals surface area contributed by atoms with Crippen molar-refractivity contribution in [1.29, 1.82) is 0 Å². The fraction of sp³-hybridized carbons (Fsp3) is 0.304. The van der Waals surface area contributed by atoms with E-state index in [1.165, 1.54) is 23.3 Å². The van der Waals surface area contributed by atoms with E-state index in [2.05, 4.69) is 45.2 Å². The summed E-state index contributed by atoms with van der Waals surface area (Å²) in [5.74, 6) is 3.87. The molecule has 1 heterocycles. The molecule has 170 valence electrons. The lowest BCUT2D eigenvalue weighted by Crippen LogP contribution is -2.24. The first-order chi connectivity index (χ1) is 15.6. The molecule has 32 heavy (non-hydrogen) atoms. The van der Waals surface area contributed by atoms with Gasteiger partial charge in [-0.3, -0.25) is 4.79 Å². The maximum atomic E-state index is 12.1. The molecule has 1 N–H and O–H groups in total. The fourth-order valence-corrected chi connectivity index (χ4v) is 6.09. The minimum Gasteiger partial charge on any atom is -0.490 e. The van der Waals surface area contributed by atoms with Gasteiger partial charge >= 0.3 is 0 Å². The zero-order valence-electron chi connectivity index (χ0n) is 17.7. The van der Waals surface area contributed by atoms with Gasteiger partial charge in [0, 0.05) is 21.5 Å². The molecule has 1 amide bonds. The zero-order chi connectivity index (χ0) is 22.8. The lowest BCUT2D eigenvalue weighted by molar-refractivity contribution is -0.123. The van der Waals surface area contributed by atoms with Gasteiger partial charge in [-0.15, -0.1) is 23.5 Å². The molecule has 0 aliphatic carbocycles. The van der Waals surface area contributed by atoms with Crippen molar-refractivity contribution in [2.24, 2.45) is 5.10 Å². The molecule has 3 rings (SSSR count). The first-order valence-electron chi connectivity index (χ1n) is 10.1. The number of carbonyl (C=O) groups is 1. The Kier molecular flexibility index (Phi) is 9.83. The van der Waals surface area contributed by atoms with Crippen LogP contribution in [-0.4, -0.2) is 43.4 Å². The maximum absolute atomic E-state index is 12.1. The van der Waals surface area contributed by atoms with Crippen molar-refractivity contribution in [2.45, 2.75) is 11.5 Å². The molecular weight excluding hydrogens is 512 g/mol. The summed E-state index contributed by atoms with van der Waals surface area (Å²) in [6, 6.07) is 11.5. The third kappa shape index (κ3) is 7.21. The first-order valence-corrected chi connectivity index (χ1v) is 13.0. The predicted molar refractivity (Wildman–Crippen MR) is 136 cm³/mol. The molecule has 0 saturated carbocycles. The number of nitrogens with one attached hydrogen (secondary N) is 1. The highest BCUT2D eigenvalue weighted by Crippen LogP contribution is 2.45. The first kappa shape index (κ1) is 24.5. The Morgan fingerprint density at radius 1 is 1.19 bits per heavy atom. The standard InChI is InChI=1S/C23H25BrN2O4S2/c1-3-9-29-21-13-19(24)17(12-20(21)28-4-2)14-25-26-22(27)15-30-18-7-5-16(6-8-18)23-31-10-11-32-23/h3,5-8,12-14,23H,1,4,9-11,15H2,2H3,(H,26,27)/b25-14-. The number of thioether (sulfide) groups is 2. The molecule has 1 fully saturated rings. The van der Waals surface area contributed by atoms with Crippen LogP contribution in [0.5, 0.6) is 17.2 Å². The van der Waals surface area contributed by atoms with Gasteiger partial charge in [0.15, 0.2) is 18.1 Å². The third-order valence-electron chi connectivity index (χ3n) is 4.26. The average molecular weight is 538 g/mol. The van der Waals surface area contributed by atoms with Crippen LogP contribution < -0.4 is 19.6 Å². The molecule has 1 aliphatic heterocycles. The summed E-state index contributed by atoms with van der Waals surface area (Å²) >= 11 is 7.40. The van der Waals surface area contributed by atoms with E-state index in [0.29, 0.717) is 35.0 Å². The number of amides is 1. The SMILES string of the molecule is C=CCOc1cc(Br)c(/C=N\NC(=O)COc2ccc(C3SCCS3)cc2)cc1OCC. The minimum absolute atomic E-state index is 0.122. The van der Waals surface area contributed by atoms with Gasteiger partial charge in [-0.2, -0.15) is 5.10 Å². The van der Waals surface area contributed by atoms with Gasteiger partial charge in [-0.05, 0) is 52.7 Å². The average Bonchev–Trinajstić information content (AvgIpc) is 3.34. The topological polar surface area (TPSA) is 69.2 Å². The number of nitrogens with zero attached hydrogens (tertiary/aromatic N) is 1. The highest BCUT2D eigenvalue weighted by atomic mass is 79.9.